The molecule has 0 spiro atoms. The monoisotopic (exact) mass is 276 g/mol. The first-order valence-corrected chi connectivity index (χ1v) is 5.81. The van der Waals surface area contributed by atoms with Crippen molar-refractivity contribution in [2.75, 3.05) is 11.9 Å². The second-order valence-electron chi connectivity index (χ2n) is 4.01. The number of aliphatic hydroxyl groups is 1. The first-order chi connectivity index (χ1) is 9.60. The average Bonchev–Trinajstić information content (AvgIpc) is 2.91. The number of nitrogens with zero attached hydrogens (tertiary/aromatic N) is 1. The predicted octanol–water partition coefficient (Wildman–Crippen LogP) is 1.16. The van der Waals surface area contributed by atoms with Crippen LogP contribution in [0.2, 0.25) is 0 Å². The van der Waals surface area contributed by atoms with Gasteiger partial charge in [-0.2, -0.15) is 0 Å². The molecule has 0 aliphatic carbocycles. The van der Waals surface area contributed by atoms with E-state index in [9.17, 15) is 9.59 Å². The van der Waals surface area contributed by atoms with Crippen molar-refractivity contribution >= 4 is 17.6 Å². The molecule has 1 amide bonds. The summed E-state index contributed by atoms with van der Waals surface area (Å²) in [6, 6.07) is 7.97. The Kier molecular flexibility index (Phi) is 4.11. The number of rotatable bonds is 5. The second kappa shape index (κ2) is 5.98. The van der Waals surface area contributed by atoms with Crippen LogP contribution in [0.4, 0.5) is 5.69 Å². The zero-order valence-electron chi connectivity index (χ0n) is 10.4. The summed E-state index contributed by atoms with van der Waals surface area (Å²) in [6.07, 6.45) is 0.541. The number of benzene rings is 1. The minimum absolute atomic E-state index is 0.0581. The summed E-state index contributed by atoms with van der Waals surface area (Å²) >= 11 is 0. The van der Waals surface area contributed by atoms with Gasteiger partial charge in [-0.05, 0) is 24.1 Å². The molecule has 104 valence electrons. The molecular formula is C13H12N2O5. The first kappa shape index (κ1) is 13.8. The molecule has 0 aliphatic rings. The Balaban J connectivity index is 2.04. The second-order valence-corrected chi connectivity index (χ2v) is 4.01. The van der Waals surface area contributed by atoms with Crippen molar-refractivity contribution in [3.63, 3.8) is 0 Å². The van der Waals surface area contributed by atoms with E-state index in [0.717, 1.165) is 11.6 Å². The van der Waals surface area contributed by atoms with Gasteiger partial charge in [-0.25, -0.2) is 4.79 Å². The molecule has 0 radical (unpaired) electrons. The van der Waals surface area contributed by atoms with Gasteiger partial charge in [0.15, 0.2) is 5.69 Å². The molecule has 1 heterocycles. The van der Waals surface area contributed by atoms with Crippen LogP contribution >= 0.6 is 0 Å². The van der Waals surface area contributed by atoms with Gasteiger partial charge in [-0.3, -0.25) is 4.79 Å². The Bertz CT molecular complexity index is 618. The number of anilines is 1. The van der Waals surface area contributed by atoms with Crippen LogP contribution in [0.1, 0.15) is 26.6 Å². The van der Waals surface area contributed by atoms with Gasteiger partial charge in [0.2, 0.25) is 5.76 Å². The van der Waals surface area contributed by atoms with Gasteiger partial charge >= 0.3 is 5.97 Å². The minimum Gasteiger partial charge on any atom is -0.475 e. The lowest BCUT2D eigenvalue weighted by molar-refractivity contribution is 0.0651. The van der Waals surface area contributed by atoms with E-state index in [4.69, 9.17) is 10.2 Å². The smallest absolute Gasteiger partial charge is 0.374 e. The van der Waals surface area contributed by atoms with Gasteiger partial charge < -0.3 is 20.1 Å². The van der Waals surface area contributed by atoms with Crippen molar-refractivity contribution in [1.29, 1.82) is 0 Å². The number of nitrogens with one attached hydrogen (secondary N) is 1. The Labute approximate surface area is 113 Å². The van der Waals surface area contributed by atoms with Crippen molar-refractivity contribution in [2.24, 2.45) is 0 Å². The van der Waals surface area contributed by atoms with Gasteiger partial charge in [0.05, 0.1) is 0 Å². The molecule has 1 aromatic carbocycles. The van der Waals surface area contributed by atoms with E-state index < -0.39 is 17.6 Å². The first-order valence-electron chi connectivity index (χ1n) is 5.81. The summed E-state index contributed by atoms with van der Waals surface area (Å²) in [5.74, 6) is -2.24. The zero-order valence-corrected chi connectivity index (χ0v) is 10.4. The van der Waals surface area contributed by atoms with E-state index in [1.54, 1.807) is 24.3 Å². The third-order valence-electron chi connectivity index (χ3n) is 2.57. The van der Waals surface area contributed by atoms with E-state index in [-0.39, 0.29) is 12.3 Å². The van der Waals surface area contributed by atoms with Crippen molar-refractivity contribution in [3.05, 3.63) is 47.3 Å². The van der Waals surface area contributed by atoms with Crippen molar-refractivity contribution < 1.29 is 24.3 Å². The molecule has 20 heavy (non-hydrogen) atoms. The molecule has 7 nitrogen and oxygen atoms in total. The Morgan fingerprint density at radius 3 is 2.50 bits per heavy atom. The number of carboxylic acids is 1. The molecule has 7 heteroatoms. The maximum Gasteiger partial charge on any atom is 0.374 e. The van der Waals surface area contributed by atoms with Gasteiger partial charge in [0.1, 0.15) is 0 Å². The third-order valence-corrected chi connectivity index (χ3v) is 2.57. The van der Waals surface area contributed by atoms with Crippen molar-refractivity contribution in [1.82, 2.24) is 5.16 Å². The van der Waals surface area contributed by atoms with E-state index in [1.165, 1.54) is 0 Å². The minimum atomic E-state index is -1.29. The lowest BCUT2D eigenvalue weighted by atomic mass is 10.1. The SMILES string of the molecule is O=C(Nc1ccc(CCO)cc1)c1cc(C(=O)O)on1. The summed E-state index contributed by atoms with van der Waals surface area (Å²) < 4.78 is 4.50. The van der Waals surface area contributed by atoms with Crippen LogP contribution in [-0.4, -0.2) is 33.9 Å². The topological polar surface area (TPSA) is 113 Å². The van der Waals surface area contributed by atoms with Crippen molar-refractivity contribution in [3.8, 4) is 0 Å². The molecule has 0 saturated carbocycles. The molecule has 1 aromatic heterocycles. The molecule has 0 aliphatic heterocycles. The normalized spacial score (nSPS) is 10.2. The zero-order chi connectivity index (χ0) is 14.5. The highest BCUT2D eigenvalue weighted by molar-refractivity contribution is 6.03. The van der Waals surface area contributed by atoms with Crippen LogP contribution in [0.3, 0.4) is 0 Å². The van der Waals surface area contributed by atoms with Crippen LogP contribution < -0.4 is 5.32 Å². The van der Waals surface area contributed by atoms with E-state index in [1.807, 2.05) is 0 Å². The van der Waals surface area contributed by atoms with E-state index in [0.29, 0.717) is 12.1 Å². The molecule has 2 rings (SSSR count). The lowest BCUT2D eigenvalue weighted by Crippen LogP contribution is -2.12. The largest absolute Gasteiger partial charge is 0.475 e. The quantitative estimate of drug-likeness (QED) is 0.755. The molecule has 2 aromatic rings. The number of carbonyl (C=O) groups excluding carboxylic acids is 1. The van der Waals surface area contributed by atoms with Gasteiger partial charge in [0, 0.05) is 18.4 Å². The number of carbonyl (C=O) groups is 2. The number of hydrogen-bond acceptors (Lipinski definition) is 5. The fourth-order valence-corrected chi connectivity index (χ4v) is 1.56. The Morgan fingerprint density at radius 1 is 1.25 bits per heavy atom. The van der Waals surface area contributed by atoms with Crippen LogP contribution in [0.15, 0.2) is 34.9 Å². The molecule has 0 unspecified atom stereocenters. The number of aliphatic hydroxyl groups excluding tert-OH is 1. The maximum absolute atomic E-state index is 11.8. The molecule has 0 saturated heterocycles. The summed E-state index contributed by atoms with van der Waals surface area (Å²) in [6.45, 7) is 0.0581. The highest BCUT2D eigenvalue weighted by Crippen LogP contribution is 2.12. The third kappa shape index (κ3) is 3.21. The van der Waals surface area contributed by atoms with Crippen LogP contribution in [0, 0.1) is 0 Å². The standard InChI is InChI=1S/C13H12N2O5/c16-6-5-8-1-3-9(4-2-8)14-12(17)10-7-11(13(18)19)20-15-10/h1-4,7,16H,5-6H2,(H,14,17)(H,18,19). The Hall–Kier alpha value is -2.67. The molecular weight excluding hydrogens is 264 g/mol. The number of carboxylic acid groups (broad SMARTS) is 1. The average molecular weight is 276 g/mol. The van der Waals surface area contributed by atoms with Crippen LogP contribution in [0.5, 0.6) is 0 Å². The van der Waals surface area contributed by atoms with Crippen molar-refractivity contribution in [2.45, 2.75) is 6.42 Å². The Morgan fingerprint density at radius 2 is 1.95 bits per heavy atom. The van der Waals surface area contributed by atoms with Crippen LogP contribution in [0.25, 0.3) is 0 Å². The summed E-state index contributed by atoms with van der Waals surface area (Å²) in [5.41, 5.74) is 1.37. The molecule has 0 atom stereocenters. The number of aromatic nitrogens is 1. The fourth-order valence-electron chi connectivity index (χ4n) is 1.56. The predicted molar refractivity (Wildman–Crippen MR) is 68.6 cm³/mol. The van der Waals surface area contributed by atoms with E-state index in [2.05, 4.69) is 15.0 Å². The number of amides is 1. The summed E-state index contributed by atoms with van der Waals surface area (Å²) in [4.78, 5) is 22.4. The molecule has 3 N–H and O–H groups in total. The lowest BCUT2D eigenvalue weighted by Gasteiger charge is -2.04. The number of hydrogen-bond donors (Lipinski definition) is 3. The van der Waals surface area contributed by atoms with Gasteiger partial charge in [0.25, 0.3) is 5.91 Å². The highest BCUT2D eigenvalue weighted by Gasteiger charge is 2.16. The van der Waals surface area contributed by atoms with E-state index >= 15 is 0 Å². The highest BCUT2D eigenvalue weighted by atomic mass is 16.5. The fraction of sp³-hybridized carbons (Fsp3) is 0.154. The molecule has 0 bridgehead atoms. The summed E-state index contributed by atoms with van der Waals surface area (Å²) in [7, 11) is 0. The summed E-state index contributed by atoms with van der Waals surface area (Å²) in [5, 5.41) is 23.4. The van der Waals surface area contributed by atoms with Crippen LogP contribution in [-0.2, 0) is 6.42 Å². The number of aromatic carboxylic acids is 1. The maximum atomic E-state index is 11.8. The molecule has 0 fully saturated rings. The van der Waals surface area contributed by atoms with Gasteiger partial charge in [-0.15, -0.1) is 0 Å². The van der Waals surface area contributed by atoms with Gasteiger partial charge in [-0.1, -0.05) is 17.3 Å².